The van der Waals surface area contributed by atoms with E-state index in [0.29, 0.717) is 11.6 Å². The van der Waals surface area contributed by atoms with Gasteiger partial charge in [0.25, 0.3) is 0 Å². The number of anilines is 2. The van der Waals surface area contributed by atoms with Gasteiger partial charge in [-0.25, -0.2) is 0 Å². The number of aliphatic hydroxyl groups is 1. The molecule has 1 aromatic rings. The van der Waals surface area contributed by atoms with Crippen LogP contribution in [0, 0.1) is 5.92 Å². The summed E-state index contributed by atoms with van der Waals surface area (Å²) >= 11 is 0. The van der Waals surface area contributed by atoms with Gasteiger partial charge in [-0.05, 0) is 38.7 Å². The third-order valence-corrected chi connectivity index (χ3v) is 3.47. The standard InChI is InChI=1S/C15H24N2O2/c1-10(2)19-15-7-12(16)6-13(8-15)17(3)9-11-4-14(18)5-11/h6-8,10-11,14,18H,4-5,9,16H2,1-3H3. The minimum atomic E-state index is -0.0981. The third kappa shape index (κ3) is 3.77. The zero-order chi connectivity index (χ0) is 14.0. The van der Waals surface area contributed by atoms with Crippen LogP contribution in [0.5, 0.6) is 5.75 Å². The molecule has 0 aromatic heterocycles. The molecule has 0 amide bonds. The highest BCUT2D eigenvalue weighted by atomic mass is 16.5. The van der Waals surface area contributed by atoms with Crippen LogP contribution in [-0.4, -0.2) is 30.9 Å². The number of rotatable bonds is 5. The van der Waals surface area contributed by atoms with Gasteiger partial charge in [0.1, 0.15) is 5.75 Å². The first-order valence-electron chi connectivity index (χ1n) is 6.90. The van der Waals surface area contributed by atoms with Crippen molar-refractivity contribution in [2.24, 2.45) is 5.92 Å². The molecular formula is C15H24N2O2. The fourth-order valence-electron chi connectivity index (χ4n) is 2.51. The number of nitrogens with two attached hydrogens (primary N) is 1. The van der Waals surface area contributed by atoms with Gasteiger partial charge in [-0.3, -0.25) is 0 Å². The first-order valence-corrected chi connectivity index (χ1v) is 6.90. The summed E-state index contributed by atoms with van der Waals surface area (Å²) in [6, 6.07) is 5.83. The Hall–Kier alpha value is -1.42. The topological polar surface area (TPSA) is 58.7 Å². The average molecular weight is 264 g/mol. The molecule has 0 atom stereocenters. The van der Waals surface area contributed by atoms with Gasteiger partial charge in [0, 0.05) is 37.1 Å². The molecule has 0 bridgehead atoms. The van der Waals surface area contributed by atoms with Gasteiger partial charge in [-0.1, -0.05) is 0 Å². The fraction of sp³-hybridized carbons (Fsp3) is 0.600. The molecule has 0 saturated heterocycles. The number of nitrogens with zero attached hydrogens (tertiary/aromatic N) is 1. The van der Waals surface area contributed by atoms with Crippen molar-refractivity contribution in [1.29, 1.82) is 0 Å². The molecule has 1 saturated carbocycles. The second-order valence-electron chi connectivity index (χ2n) is 5.80. The van der Waals surface area contributed by atoms with E-state index in [2.05, 4.69) is 11.9 Å². The lowest BCUT2D eigenvalue weighted by Gasteiger charge is -2.35. The molecule has 4 heteroatoms. The Bertz CT molecular complexity index is 428. The van der Waals surface area contributed by atoms with E-state index in [9.17, 15) is 5.11 Å². The predicted octanol–water partition coefficient (Wildman–Crippen LogP) is 2.26. The summed E-state index contributed by atoms with van der Waals surface area (Å²) in [6.07, 6.45) is 1.85. The number of benzene rings is 1. The molecule has 1 fully saturated rings. The Labute approximate surface area is 115 Å². The van der Waals surface area contributed by atoms with Crippen LogP contribution in [-0.2, 0) is 0 Å². The largest absolute Gasteiger partial charge is 0.491 e. The Balaban J connectivity index is 2.03. The van der Waals surface area contributed by atoms with E-state index in [1.165, 1.54) is 0 Å². The minimum Gasteiger partial charge on any atom is -0.491 e. The van der Waals surface area contributed by atoms with Crippen molar-refractivity contribution in [3.8, 4) is 5.75 Å². The lowest BCUT2D eigenvalue weighted by molar-refractivity contribution is 0.0465. The maximum atomic E-state index is 9.33. The number of ether oxygens (including phenoxy) is 1. The molecule has 0 radical (unpaired) electrons. The Kier molecular flexibility index (Phi) is 4.20. The highest BCUT2D eigenvalue weighted by Crippen LogP contribution is 2.31. The van der Waals surface area contributed by atoms with Crippen LogP contribution in [0.25, 0.3) is 0 Å². The van der Waals surface area contributed by atoms with Gasteiger partial charge in [-0.15, -0.1) is 0 Å². The van der Waals surface area contributed by atoms with Gasteiger partial charge in [-0.2, -0.15) is 0 Å². The summed E-state index contributed by atoms with van der Waals surface area (Å²) in [5, 5.41) is 9.33. The molecule has 0 heterocycles. The summed E-state index contributed by atoms with van der Waals surface area (Å²) in [6.45, 7) is 4.95. The van der Waals surface area contributed by atoms with E-state index < -0.39 is 0 Å². The zero-order valence-electron chi connectivity index (χ0n) is 12.0. The van der Waals surface area contributed by atoms with Crippen molar-refractivity contribution in [3.05, 3.63) is 18.2 Å². The van der Waals surface area contributed by atoms with E-state index >= 15 is 0 Å². The lowest BCUT2D eigenvalue weighted by atomic mass is 9.82. The highest BCUT2D eigenvalue weighted by molar-refractivity contribution is 5.60. The molecule has 0 unspecified atom stereocenters. The van der Waals surface area contributed by atoms with Crippen LogP contribution in [0.1, 0.15) is 26.7 Å². The van der Waals surface area contributed by atoms with Crippen molar-refractivity contribution in [2.45, 2.75) is 38.9 Å². The molecule has 2 rings (SSSR count). The molecule has 0 spiro atoms. The minimum absolute atomic E-state index is 0.0981. The van der Waals surface area contributed by atoms with Crippen LogP contribution in [0.4, 0.5) is 11.4 Å². The molecule has 4 nitrogen and oxygen atoms in total. The Morgan fingerprint density at radius 1 is 1.37 bits per heavy atom. The number of nitrogen functional groups attached to an aromatic ring is 1. The zero-order valence-corrected chi connectivity index (χ0v) is 12.0. The number of hydrogen-bond acceptors (Lipinski definition) is 4. The van der Waals surface area contributed by atoms with Crippen molar-refractivity contribution in [3.63, 3.8) is 0 Å². The molecule has 3 N–H and O–H groups in total. The monoisotopic (exact) mass is 264 g/mol. The molecule has 1 aliphatic rings. The smallest absolute Gasteiger partial charge is 0.123 e. The Morgan fingerprint density at radius 2 is 2.05 bits per heavy atom. The number of hydrogen-bond donors (Lipinski definition) is 2. The van der Waals surface area contributed by atoms with Gasteiger partial charge in [0.05, 0.1) is 12.2 Å². The van der Waals surface area contributed by atoms with E-state index in [1.807, 2.05) is 32.0 Å². The average Bonchev–Trinajstić information content (AvgIpc) is 2.25. The van der Waals surface area contributed by atoms with Crippen LogP contribution in [0.15, 0.2) is 18.2 Å². The first-order chi connectivity index (χ1) is 8.94. The van der Waals surface area contributed by atoms with E-state index in [0.717, 1.165) is 30.8 Å². The SMILES string of the molecule is CC(C)Oc1cc(N)cc(N(C)CC2CC(O)C2)c1. The summed E-state index contributed by atoms with van der Waals surface area (Å²) in [4.78, 5) is 2.18. The van der Waals surface area contributed by atoms with Crippen LogP contribution < -0.4 is 15.4 Å². The normalized spacial score (nSPS) is 22.2. The molecule has 1 aliphatic carbocycles. The van der Waals surface area contributed by atoms with Gasteiger partial charge in [0.15, 0.2) is 0 Å². The van der Waals surface area contributed by atoms with Crippen molar-refractivity contribution < 1.29 is 9.84 Å². The van der Waals surface area contributed by atoms with Crippen molar-refractivity contribution >= 4 is 11.4 Å². The van der Waals surface area contributed by atoms with E-state index in [-0.39, 0.29) is 12.2 Å². The lowest BCUT2D eigenvalue weighted by Crippen LogP contribution is -2.37. The second-order valence-corrected chi connectivity index (χ2v) is 5.80. The summed E-state index contributed by atoms with van der Waals surface area (Å²) in [5.74, 6) is 1.39. The fourth-order valence-corrected chi connectivity index (χ4v) is 2.51. The first kappa shape index (κ1) is 14.0. The third-order valence-electron chi connectivity index (χ3n) is 3.47. The molecule has 0 aliphatic heterocycles. The second kappa shape index (κ2) is 5.70. The van der Waals surface area contributed by atoms with E-state index in [1.54, 1.807) is 0 Å². The Morgan fingerprint density at radius 3 is 2.63 bits per heavy atom. The molecule has 1 aromatic carbocycles. The van der Waals surface area contributed by atoms with E-state index in [4.69, 9.17) is 10.5 Å². The summed E-state index contributed by atoms with van der Waals surface area (Å²) in [5.41, 5.74) is 7.71. The van der Waals surface area contributed by atoms with Crippen LogP contribution >= 0.6 is 0 Å². The maximum absolute atomic E-state index is 9.33. The molecule has 19 heavy (non-hydrogen) atoms. The summed E-state index contributed by atoms with van der Waals surface area (Å²) in [7, 11) is 2.05. The van der Waals surface area contributed by atoms with Crippen LogP contribution in [0.3, 0.4) is 0 Å². The molecule has 106 valence electrons. The predicted molar refractivity (Wildman–Crippen MR) is 78.6 cm³/mol. The van der Waals surface area contributed by atoms with Crippen LogP contribution in [0.2, 0.25) is 0 Å². The van der Waals surface area contributed by atoms with Crippen molar-refractivity contribution in [2.75, 3.05) is 24.2 Å². The number of aliphatic hydroxyl groups excluding tert-OH is 1. The highest BCUT2D eigenvalue weighted by Gasteiger charge is 2.28. The van der Waals surface area contributed by atoms with Gasteiger partial charge >= 0.3 is 0 Å². The molecular weight excluding hydrogens is 240 g/mol. The van der Waals surface area contributed by atoms with Gasteiger partial charge in [0.2, 0.25) is 0 Å². The van der Waals surface area contributed by atoms with Gasteiger partial charge < -0.3 is 20.5 Å². The quantitative estimate of drug-likeness (QED) is 0.801. The summed E-state index contributed by atoms with van der Waals surface area (Å²) < 4.78 is 5.70. The van der Waals surface area contributed by atoms with Crippen molar-refractivity contribution in [1.82, 2.24) is 0 Å². The maximum Gasteiger partial charge on any atom is 0.123 e.